The minimum absolute atomic E-state index is 0.0108. The molecule has 1 amide bonds. The van der Waals surface area contributed by atoms with E-state index in [9.17, 15) is 4.79 Å². The van der Waals surface area contributed by atoms with E-state index >= 15 is 0 Å². The summed E-state index contributed by atoms with van der Waals surface area (Å²) in [5.41, 5.74) is 0.948. The molecule has 1 heterocycles. The van der Waals surface area contributed by atoms with E-state index < -0.39 is 0 Å². The molecular formula is C13H20N2O2. The summed E-state index contributed by atoms with van der Waals surface area (Å²) in [7, 11) is 0. The van der Waals surface area contributed by atoms with Gasteiger partial charge in [-0.05, 0) is 30.0 Å². The van der Waals surface area contributed by atoms with Crippen molar-refractivity contribution in [3.05, 3.63) is 30.1 Å². The third kappa shape index (κ3) is 4.95. The number of rotatable bonds is 6. The Balaban J connectivity index is 2.48. The fourth-order valence-electron chi connectivity index (χ4n) is 1.66. The van der Waals surface area contributed by atoms with Crippen molar-refractivity contribution in [2.24, 2.45) is 5.92 Å². The van der Waals surface area contributed by atoms with Gasteiger partial charge in [-0.2, -0.15) is 0 Å². The number of aliphatic hydroxyl groups excluding tert-OH is 1. The fraction of sp³-hybridized carbons (Fsp3) is 0.538. The van der Waals surface area contributed by atoms with Gasteiger partial charge < -0.3 is 10.4 Å². The number of carbonyl (C=O) groups is 1. The molecular weight excluding hydrogens is 216 g/mol. The van der Waals surface area contributed by atoms with Crippen LogP contribution in [0.25, 0.3) is 0 Å². The van der Waals surface area contributed by atoms with Crippen molar-refractivity contribution >= 4 is 5.91 Å². The zero-order valence-corrected chi connectivity index (χ0v) is 10.4. The topological polar surface area (TPSA) is 62.2 Å². The van der Waals surface area contributed by atoms with Crippen LogP contribution in [0.4, 0.5) is 0 Å². The Labute approximate surface area is 102 Å². The van der Waals surface area contributed by atoms with E-state index in [4.69, 9.17) is 5.11 Å². The molecule has 0 saturated heterocycles. The molecule has 0 aromatic carbocycles. The number of aromatic nitrogens is 1. The molecule has 4 nitrogen and oxygen atoms in total. The van der Waals surface area contributed by atoms with Gasteiger partial charge in [-0.15, -0.1) is 0 Å². The highest BCUT2D eigenvalue weighted by atomic mass is 16.3. The summed E-state index contributed by atoms with van der Waals surface area (Å²) in [4.78, 5) is 15.7. The van der Waals surface area contributed by atoms with Gasteiger partial charge in [0.2, 0.25) is 5.91 Å². The van der Waals surface area contributed by atoms with Crippen molar-refractivity contribution in [1.29, 1.82) is 0 Å². The van der Waals surface area contributed by atoms with Gasteiger partial charge in [-0.25, -0.2) is 0 Å². The largest absolute Gasteiger partial charge is 0.396 e. The first-order chi connectivity index (χ1) is 8.13. The highest BCUT2D eigenvalue weighted by Gasteiger charge is 2.15. The lowest BCUT2D eigenvalue weighted by Gasteiger charge is -2.21. The third-order valence-electron chi connectivity index (χ3n) is 2.71. The number of nitrogens with zero attached hydrogens (tertiary/aromatic N) is 1. The van der Waals surface area contributed by atoms with Crippen LogP contribution in [0.5, 0.6) is 0 Å². The first-order valence-electron chi connectivity index (χ1n) is 5.92. The molecule has 4 heteroatoms. The molecule has 1 aromatic rings. The van der Waals surface area contributed by atoms with Crippen LogP contribution in [0.1, 0.15) is 25.8 Å². The lowest BCUT2D eigenvalue weighted by molar-refractivity contribution is -0.121. The van der Waals surface area contributed by atoms with Gasteiger partial charge in [0.1, 0.15) is 0 Å². The number of pyridine rings is 1. The Morgan fingerprint density at radius 3 is 2.59 bits per heavy atom. The van der Waals surface area contributed by atoms with Crippen LogP contribution in [0.15, 0.2) is 24.5 Å². The quantitative estimate of drug-likeness (QED) is 0.778. The molecule has 0 saturated carbocycles. The van der Waals surface area contributed by atoms with E-state index in [-0.39, 0.29) is 18.6 Å². The van der Waals surface area contributed by atoms with Crippen LogP contribution >= 0.6 is 0 Å². The van der Waals surface area contributed by atoms with Crippen molar-refractivity contribution in [3.8, 4) is 0 Å². The molecule has 94 valence electrons. The molecule has 17 heavy (non-hydrogen) atoms. The first kappa shape index (κ1) is 13.6. The summed E-state index contributed by atoms with van der Waals surface area (Å²) in [5, 5.41) is 11.9. The molecule has 2 N–H and O–H groups in total. The molecule has 0 aliphatic heterocycles. The van der Waals surface area contributed by atoms with E-state index in [0.717, 1.165) is 5.56 Å². The maximum absolute atomic E-state index is 11.8. The van der Waals surface area contributed by atoms with E-state index in [0.29, 0.717) is 18.8 Å². The molecule has 1 unspecified atom stereocenters. The van der Waals surface area contributed by atoms with E-state index in [1.807, 2.05) is 26.0 Å². The Morgan fingerprint density at radius 1 is 1.41 bits per heavy atom. The van der Waals surface area contributed by atoms with Crippen LogP contribution in [-0.4, -0.2) is 28.6 Å². The van der Waals surface area contributed by atoms with Crippen molar-refractivity contribution < 1.29 is 9.90 Å². The zero-order valence-electron chi connectivity index (χ0n) is 10.4. The summed E-state index contributed by atoms with van der Waals surface area (Å²) in [6.45, 7) is 4.17. The maximum Gasteiger partial charge on any atom is 0.224 e. The molecule has 1 atom stereocenters. The predicted octanol–water partition coefficient (Wildman–Crippen LogP) is 1.15. The first-order valence-corrected chi connectivity index (χ1v) is 5.92. The number of aliphatic hydroxyl groups is 1. The normalized spacial score (nSPS) is 12.5. The number of amides is 1. The third-order valence-corrected chi connectivity index (χ3v) is 2.71. The van der Waals surface area contributed by atoms with Gasteiger partial charge in [0.25, 0.3) is 0 Å². The summed E-state index contributed by atoms with van der Waals surface area (Å²) < 4.78 is 0. The maximum atomic E-state index is 11.8. The van der Waals surface area contributed by atoms with E-state index in [1.165, 1.54) is 0 Å². The summed E-state index contributed by atoms with van der Waals surface area (Å²) in [6, 6.07) is 3.70. The second-order valence-corrected chi connectivity index (χ2v) is 4.46. The Morgan fingerprint density at radius 2 is 2.06 bits per heavy atom. The number of hydrogen-bond acceptors (Lipinski definition) is 3. The fourth-order valence-corrected chi connectivity index (χ4v) is 1.66. The molecule has 0 spiro atoms. The lowest BCUT2D eigenvalue weighted by Crippen LogP contribution is -2.40. The lowest BCUT2D eigenvalue weighted by atomic mass is 10.0. The van der Waals surface area contributed by atoms with Gasteiger partial charge >= 0.3 is 0 Å². The van der Waals surface area contributed by atoms with Gasteiger partial charge in [-0.1, -0.05) is 13.8 Å². The average Bonchev–Trinajstić information content (AvgIpc) is 2.29. The van der Waals surface area contributed by atoms with Crippen molar-refractivity contribution in [2.75, 3.05) is 6.61 Å². The molecule has 0 bridgehead atoms. The zero-order chi connectivity index (χ0) is 12.7. The standard InChI is InChI=1S/C13H20N2O2/c1-10(2)12(5-8-16)15-13(17)9-11-3-6-14-7-4-11/h3-4,6-7,10,12,16H,5,8-9H2,1-2H3,(H,15,17). The van der Waals surface area contributed by atoms with Crippen LogP contribution in [0.2, 0.25) is 0 Å². The molecule has 0 aliphatic carbocycles. The Kier molecular flexibility index (Phi) is 5.63. The highest BCUT2D eigenvalue weighted by Crippen LogP contribution is 2.06. The number of hydrogen-bond donors (Lipinski definition) is 2. The Hall–Kier alpha value is -1.42. The minimum Gasteiger partial charge on any atom is -0.396 e. The predicted molar refractivity (Wildman–Crippen MR) is 66.4 cm³/mol. The van der Waals surface area contributed by atoms with Gasteiger partial charge in [-0.3, -0.25) is 9.78 Å². The number of nitrogens with one attached hydrogen (secondary N) is 1. The van der Waals surface area contributed by atoms with Gasteiger partial charge in [0.15, 0.2) is 0 Å². The minimum atomic E-state index is -0.0108. The summed E-state index contributed by atoms with van der Waals surface area (Å²) in [6.07, 6.45) is 4.31. The second kappa shape index (κ2) is 7.01. The number of carbonyl (C=O) groups excluding carboxylic acids is 1. The monoisotopic (exact) mass is 236 g/mol. The van der Waals surface area contributed by atoms with Crippen LogP contribution < -0.4 is 5.32 Å². The SMILES string of the molecule is CC(C)C(CCO)NC(=O)Cc1ccncc1. The highest BCUT2D eigenvalue weighted by molar-refractivity contribution is 5.78. The van der Waals surface area contributed by atoms with Crippen molar-refractivity contribution in [1.82, 2.24) is 10.3 Å². The van der Waals surface area contributed by atoms with Gasteiger partial charge in [0.05, 0.1) is 6.42 Å². The van der Waals surface area contributed by atoms with Crippen molar-refractivity contribution in [3.63, 3.8) is 0 Å². The Bertz CT molecular complexity index is 339. The smallest absolute Gasteiger partial charge is 0.224 e. The molecule has 1 aromatic heterocycles. The molecule has 0 fully saturated rings. The van der Waals surface area contributed by atoms with Crippen molar-refractivity contribution in [2.45, 2.75) is 32.7 Å². The van der Waals surface area contributed by atoms with Crippen LogP contribution in [0.3, 0.4) is 0 Å². The average molecular weight is 236 g/mol. The second-order valence-electron chi connectivity index (χ2n) is 4.46. The van der Waals surface area contributed by atoms with Crippen LogP contribution in [-0.2, 0) is 11.2 Å². The summed E-state index contributed by atoms with van der Waals surface area (Å²) in [5.74, 6) is 0.312. The van der Waals surface area contributed by atoms with Crippen LogP contribution in [0, 0.1) is 5.92 Å². The molecule has 0 radical (unpaired) electrons. The van der Waals surface area contributed by atoms with E-state index in [2.05, 4.69) is 10.3 Å². The summed E-state index contributed by atoms with van der Waals surface area (Å²) >= 11 is 0. The van der Waals surface area contributed by atoms with E-state index in [1.54, 1.807) is 12.4 Å². The molecule has 1 rings (SSSR count). The molecule has 0 aliphatic rings. The van der Waals surface area contributed by atoms with Gasteiger partial charge in [0, 0.05) is 25.0 Å².